The Morgan fingerprint density at radius 2 is 2.04 bits per heavy atom. The van der Waals surface area contributed by atoms with E-state index in [4.69, 9.17) is 23.2 Å². The molecule has 2 rings (SSSR count). The topological polar surface area (TPSA) is 64.9 Å². The molecule has 0 unspecified atom stereocenters. The minimum absolute atomic E-state index is 0.0682. The van der Waals surface area contributed by atoms with E-state index in [1.54, 1.807) is 12.1 Å². The summed E-state index contributed by atoms with van der Waals surface area (Å²) in [6.45, 7) is 4.01. The standard InChI is InChI=1S/C19H17Cl2N3O/c1-3-13-6-4-5-12(2)18(13)23-11-14(10-22)19(25)24-17-9-15(20)7-8-16(17)21/h4-9,11,23H,3H2,1-2H3,(H,24,25)/b14-11-. The van der Waals surface area contributed by atoms with E-state index in [9.17, 15) is 10.1 Å². The van der Waals surface area contributed by atoms with Crippen LogP contribution < -0.4 is 10.6 Å². The molecule has 128 valence electrons. The van der Waals surface area contributed by atoms with Crippen molar-refractivity contribution in [3.8, 4) is 6.07 Å². The van der Waals surface area contributed by atoms with Gasteiger partial charge >= 0.3 is 0 Å². The molecule has 25 heavy (non-hydrogen) atoms. The Labute approximate surface area is 157 Å². The number of benzene rings is 2. The average Bonchev–Trinajstić information content (AvgIpc) is 2.59. The van der Waals surface area contributed by atoms with E-state index < -0.39 is 5.91 Å². The number of rotatable bonds is 5. The molecule has 0 saturated carbocycles. The Morgan fingerprint density at radius 3 is 2.72 bits per heavy atom. The number of hydrogen-bond donors (Lipinski definition) is 2. The Hall–Kier alpha value is -2.48. The van der Waals surface area contributed by atoms with Crippen LogP contribution >= 0.6 is 23.2 Å². The number of carbonyl (C=O) groups is 1. The van der Waals surface area contributed by atoms with E-state index in [1.807, 2.05) is 38.1 Å². The van der Waals surface area contributed by atoms with Crippen molar-refractivity contribution in [2.24, 2.45) is 0 Å². The maximum atomic E-state index is 12.3. The zero-order valence-electron chi connectivity index (χ0n) is 13.9. The normalized spacial score (nSPS) is 10.9. The fraction of sp³-hybridized carbons (Fsp3) is 0.158. The Kier molecular flexibility index (Phi) is 6.46. The van der Waals surface area contributed by atoms with E-state index in [1.165, 1.54) is 12.3 Å². The van der Waals surface area contributed by atoms with Crippen LogP contribution in [0.1, 0.15) is 18.1 Å². The molecule has 0 aliphatic carbocycles. The van der Waals surface area contributed by atoms with Gasteiger partial charge in [-0.15, -0.1) is 0 Å². The van der Waals surface area contributed by atoms with E-state index in [-0.39, 0.29) is 5.57 Å². The summed E-state index contributed by atoms with van der Waals surface area (Å²) in [4.78, 5) is 12.3. The fourth-order valence-electron chi connectivity index (χ4n) is 2.31. The Bertz CT molecular complexity index is 869. The van der Waals surface area contributed by atoms with Crippen molar-refractivity contribution in [3.63, 3.8) is 0 Å². The van der Waals surface area contributed by atoms with Crippen molar-refractivity contribution in [1.29, 1.82) is 5.26 Å². The second kappa shape index (κ2) is 8.57. The van der Waals surface area contributed by atoms with E-state index >= 15 is 0 Å². The molecule has 0 aliphatic heterocycles. The summed E-state index contributed by atoms with van der Waals surface area (Å²) < 4.78 is 0. The van der Waals surface area contributed by atoms with Crippen LogP contribution in [0.4, 0.5) is 11.4 Å². The summed E-state index contributed by atoms with van der Waals surface area (Å²) in [5.74, 6) is -0.564. The van der Waals surface area contributed by atoms with Gasteiger partial charge in [0.25, 0.3) is 5.91 Å². The number of nitrogens with zero attached hydrogens (tertiary/aromatic N) is 1. The molecule has 0 atom stereocenters. The van der Waals surface area contributed by atoms with Crippen molar-refractivity contribution in [1.82, 2.24) is 0 Å². The first-order valence-corrected chi connectivity index (χ1v) is 8.43. The van der Waals surface area contributed by atoms with Crippen molar-refractivity contribution in [2.75, 3.05) is 10.6 Å². The van der Waals surface area contributed by atoms with Gasteiger partial charge in [0.15, 0.2) is 0 Å². The zero-order valence-corrected chi connectivity index (χ0v) is 15.4. The maximum absolute atomic E-state index is 12.3. The molecule has 1 amide bonds. The number of carbonyl (C=O) groups excluding carboxylic acids is 1. The van der Waals surface area contributed by atoms with Gasteiger partial charge in [-0.25, -0.2) is 0 Å². The number of aryl methyl sites for hydroxylation is 2. The molecule has 0 bridgehead atoms. The maximum Gasteiger partial charge on any atom is 0.267 e. The first kappa shape index (κ1) is 18.9. The van der Waals surface area contributed by atoms with Gasteiger partial charge in [0.2, 0.25) is 0 Å². The van der Waals surface area contributed by atoms with Crippen LogP contribution in [0.15, 0.2) is 48.2 Å². The highest BCUT2D eigenvalue weighted by molar-refractivity contribution is 6.35. The third-order valence-corrected chi connectivity index (χ3v) is 4.21. The molecular weight excluding hydrogens is 357 g/mol. The highest BCUT2D eigenvalue weighted by Gasteiger charge is 2.12. The molecule has 0 spiro atoms. The number of amides is 1. The van der Waals surface area contributed by atoms with Gasteiger partial charge in [-0.1, -0.05) is 48.3 Å². The largest absolute Gasteiger partial charge is 0.360 e. The molecule has 2 N–H and O–H groups in total. The molecule has 0 saturated heterocycles. The first-order valence-electron chi connectivity index (χ1n) is 7.68. The summed E-state index contributed by atoms with van der Waals surface area (Å²) in [5, 5.41) is 15.7. The van der Waals surface area contributed by atoms with Crippen LogP contribution in [0.3, 0.4) is 0 Å². The van der Waals surface area contributed by atoms with E-state index in [0.29, 0.717) is 15.7 Å². The van der Waals surface area contributed by atoms with Crippen molar-refractivity contribution < 1.29 is 4.79 Å². The minimum Gasteiger partial charge on any atom is -0.360 e. The van der Waals surface area contributed by atoms with Gasteiger partial charge in [-0.3, -0.25) is 4.79 Å². The summed E-state index contributed by atoms with van der Waals surface area (Å²) >= 11 is 11.9. The molecule has 0 heterocycles. The number of nitriles is 1. The second-order valence-corrected chi connectivity index (χ2v) is 6.20. The lowest BCUT2D eigenvalue weighted by Gasteiger charge is -2.12. The highest BCUT2D eigenvalue weighted by Crippen LogP contribution is 2.26. The number of para-hydroxylation sites is 1. The quantitative estimate of drug-likeness (QED) is 0.550. The molecule has 0 radical (unpaired) electrons. The third kappa shape index (κ3) is 4.76. The Morgan fingerprint density at radius 1 is 1.28 bits per heavy atom. The van der Waals surface area contributed by atoms with Gasteiger partial charge in [0.1, 0.15) is 11.6 Å². The lowest BCUT2D eigenvalue weighted by atomic mass is 10.1. The first-order chi connectivity index (χ1) is 12.0. The van der Waals surface area contributed by atoms with Gasteiger partial charge in [-0.05, 0) is 42.7 Å². The van der Waals surface area contributed by atoms with Gasteiger partial charge in [0.05, 0.1) is 10.7 Å². The minimum atomic E-state index is -0.564. The smallest absolute Gasteiger partial charge is 0.267 e. The molecule has 0 aromatic heterocycles. The predicted molar refractivity (Wildman–Crippen MR) is 103 cm³/mol. The summed E-state index contributed by atoms with van der Waals surface area (Å²) in [6.07, 6.45) is 2.24. The molecule has 2 aromatic carbocycles. The summed E-state index contributed by atoms with van der Waals surface area (Å²) in [7, 11) is 0. The summed E-state index contributed by atoms with van der Waals surface area (Å²) in [5.41, 5.74) is 3.32. The number of halogens is 2. The molecule has 4 nitrogen and oxygen atoms in total. The van der Waals surface area contributed by atoms with Crippen molar-refractivity contribution >= 4 is 40.5 Å². The molecule has 0 fully saturated rings. The molecular formula is C19H17Cl2N3O. The second-order valence-electron chi connectivity index (χ2n) is 5.36. The van der Waals surface area contributed by atoms with Crippen LogP contribution in [0.5, 0.6) is 0 Å². The molecule has 6 heteroatoms. The predicted octanol–water partition coefficient (Wildman–Crippen LogP) is 5.32. The van der Waals surface area contributed by atoms with Crippen LogP contribution in [0.25, 0.3) is 0 Å². The van der Waals surface area contributed by atoms with Gasteiger partial charge in [-0.2, -0.15) is 5.26 Å². The number of nitrogens with one attached hydrogen (secondary N) is 2. The highest BCUT2D eigenvalue weighted by atomic mass is 35.5. The van der Waals surface area contributed by atoms with E-state index in [2.05, 4.69) is 10.6 Å². The number of hydrogen-bond acceptors (Lipinski definition) is 3. The molecule has 0 aliphatic rings. The van der Waals surface area contributed by atoms with Crippen LogP contribution in [-0.2, 0) is 11.2 Å². The van der Waals surface area contributed by atoms with Gasteiger partial charge in [0, 0.05) is 16.9 Å². The Balaban J connectivity index is 2.22. The van der Waals surface area contributed by atoms with Crippen LogP contribution in [0, 0.1) is 18.3 Å². The van der Waals surface area contributed by atoms with Gasteiger partial charge < -0.3 is 10.6 Å². The molecule has 2 aromatic rings. The number of anilines is 2. The SMILES string of the molecule is CCc1cccc(C)c1N/C=C(/C#N)C(=O)Nc1cc(Cl)ccc1Cl. The lowest BCUT2D eigenvalue weighted by molar-refractivity contribution is -0.112. The average molecular weight is 374 g/mol. The monoisotopic (exact) mass is 373 g/mol. The third-order valence-electron chi connectivity index (χ3n) is 3.64. The van der Waals surface area contributed by atoms with Crippen LogP contribution in [-0.4, -0.2) is 5.91 Å². The zero-order chi connectivity index (χ0) is 18.4. The fourth-order valence-corrected chi connectivity index (χ4v) is 2.64. The summed E-state index contributed by atoms with van der Waals surface area (Å²) in [6, 6.07) is 12.6. The van der Waals surface area contributed by atoms with E-state index in [0.717, 1.165) is 23.2 Å². The van der Waals surface area contributed by atoms with Crippen molar-refractivity contribution in [3.05, 3.63) is 69.3 Å². The van der Waals surface area contributed by atoms with Crippen LogP contribution in [0.2, 0.25) is 10.0 Å². The lowest BCUT2D eigenvalue weighted by Crippen LogP contribution is -2.15. The van der Waals surface area contributed by atoms with Crippen molar-refractivity contribution in [2.45, 2.75) is 20.3 Å².